The molecule has 1 saturated heterocycles. The Balaban J connectivity index is 1.68. The molecule has 1 aliphatic heterocycles. The molecule has 3 rings (SSSR count). The van der Waals surface area contributed by atoms with Crippen LogP contribution in [-0.2, 0) is 0 Å². The number of nitrogens with zero attached hydrogens (tertiary/aromatic N) is 2. The SMILES string of the molecule is NC(=NCCC(c1ccccc1)c1ccccc1)N1CCSCC1. The number of hydrogen-bond acceptors (Lipinski definition) is 2. The molecule has 0 amide bonds. The number of guanidine groups is 1. The van der Waals surface area contributed by atoms with E-state index in [0.717, 1.165) is 37.6 Å². The van der Waals surface area contributed by atoms with Gasteiger partial charge in [-0.25, -0.2) is 0 Å². The van der Waals surface area contributed by atoms with Gasteiger partial charge in [0.25, 0.3) is 0 Å². The molecule has 0 atom stereocenters. The lowest BCUT2D eigenvalue weighted by Gasteiger charge is -2.27. The Morgan fingerprint density at radius 3 is 2.04 bits per heavy atom. The van der Waals surface area contributed by atoms with E-state index in [4.69, 9.17) is 5.73 Å². The van der Waals surface area contributed by atoms with Crippen molar-refractivity contribution in [2.45, 2.75) is 12.3 Å². The summed E-state index contributed by atoms with van der Waals surface area (Å²) >= 11 is 1.99. The molecule has 1 fully saturated rings. The van der Waals surface area contributed by atoms with Crippen LogP contribution in [-0.4, -0.2) is 42.0 Å². The van der Waals surface area contributed by atoms with Gasteiger partial charge in [0, 0.05) is 37.1 Å². The zero-order valence-corrected chi connectivity index (χ0v) is 14.8. The molecule has 24 heavy (non-hydrogen) atoms. The Labute approximate surface area is 149 Å². The molecule has 2 aromatic rings. The van der Waals surface area contributed by atoms with Crippen LogP contribution in [0.1, 0.15) is 23.5 Å². The highest BCUT2D eigenvalue weighted by atomic mass is 32.2. The summed E-state index contributed by atoms with van der Waals surface area (Å²) in [7, 11) is 0. The van der Waals surface area contributed by atoms with Crippen molar-refractivity contribution in [3.05, 3.63) is 71.8 Å². The lowest BCUT2D eigenvalue weighted by molar-refractivity contribution is 0.455. The Hall–Kier alpha value is -1.94. The summed E-state index contributed by atoms with van der Waals surface area (Å²) in [6, 6.07) is 21.4. The number of nitrogens with two attached hydrogens (primary N) is 1. The molecule has 1 aliphatic rings. The second-order valence-corrected chi connectivity index (χ2v) is 7.23. The zero-order valence-electron chi connectivity index (χ0n) is 14.0. The van der Waals surface area contributed by atoms with Crippen LogP contribution < -0.4 is 5.73 Å². The Morgan fingerprint density at radius 1 is 0.958 bits per heavy atom. The second-order valence-electron chi connectivity index (χ2n) is 6.00. The first kappa shape index (κ1) is 16.9. The molecule has 0 radical (unpaired) electrons. The normalized spacial score (nSPS) is 15.7. The van der Waals surface area contributed by atoms with Gasteiger partial charge >= 0.3 is 0 Å². The minimum atomic E-state index is 0.362. The largest absolute Gasteiger partial charge is 0.370 e. The van der Waals surface area contributed by atoms with E-state index < -0.39 is 0 Å². The topological polar surface area (TPSA) is 41.6 Å². The Bertz CT molecular complexity index is 597. The molecule has 0 unspecified atom stereocenters. The lowest BCUT2D eigenvalue weighted by atomic mass is 9.89. The summed E-state index contributed by atoms with van der Waals surface area (Å²) in [5.41, 5.74) is 8.86. The van der Waals surface area contributed by atoms with Gasteiger partial charge in [0.1, 0.15) is 0 Å². The van der Waals surface area contributed by atoms with Crippen LogP contribution in [0.25, 0.3) is 0 Å². The van der Waals surface area contributed by atoms with E-state index in [9.17, 15) is 0 Å². The van der Waals surface area contributed by atoms with Gasteiger partial charge in [-0.3, -0.25) is 4.99 Å². The quantitative estimate of drug-likeness (QED) is 0.669. The van der Waals surface area contributed by atoms with Crippen molar-refractivity contribution in [1.29, 1.82) is 0 Å². The van der Waals surface area contributed by atoms with Gasteiger partial charge < -0.3 is 10.6 Å². The van der Waals surface area contributed by atoms with E-state index >= 15 is 0 Å². The van der Waals surface area contributed by atoms with E-state index in [1.807, 2.05) is 11.8 Å². The lowest BCUT2D eigenvalue weighted by Crippen LogP contribution is -2.42. The summed E-state index contributed by atoms with van der Waals surface area (Å²) in [6.07, 6.45) is 0.970. The average Bonchev–Trinajstić information content (AvgIpc) is 2.67. The maximum atomic E-state index is 6.18. The Kier molecular flexibility index (Phi) is 6.19. The highest BCUT2D eigenvalue weighted by Crippen LogP contribution is 2.27. The van der Waals surface area contributed by atoms with Gasteiger partial charge in [0.15, 0.2) is 5.96 Å². The van der Waals surface area contributed by atoms with E-state index in [0.29, 0.717) is 11.9 Å². The van der Waals surface area contributed by atoms with E-state index in [1.54, 1.807) is 0 Å². The van der Waals surface area contributed by atoms with Gasteiger partial charge in [0.2, 0.25) is 0 Å². The van der Waals surface area contributed by atoms with Crippen molar-refractivity contribution in [2.75, 3.05) is 31.1 Å². The van der Waals surface area contributed by atoms with Crippen molar-refractivity contribution < 1.29 is 0 Å². The van der Waals surface area contributed by atoms with Crippen LogP contribution in [0.3, 0.4) is 0 Å². The van der Waals surface area contributed by atoms with E-state index in [-0.39, 0.29) is 0 Å². The van der Waals surface area contributed by atoms with Crippen LogP contribution in [0, 0.1) is 0 Å². The van der Waals surface area contributed by atoms with Gasteiger partial charge in [0.05, 0.1) is 0 Å². The minimum Gasteiger partial charge on any atom is -0.370 e. The molecule has 2 N–H and O–H groups in total. The minimum absolute atomic E-state index is 0.362. The van der Waals surface area contributed by atoms with Crippen molar-refractivity contribution in [1.82, 2.24) is 4.90 Å². The molecule has 0 saturated carbocycles. The van der Waals surface area contributed by atoms with Gasteiger partial charge in [-0.05, 0) is 17.5 Å². The predicted octanol–water partition coefficient (Wildman–Crippen LogP) is 3.57. The summed E-state index contributed by atoms with van der Waals surface area (Å²) in [5, 5.41) is 0. The molecule has 0 spiro atoms. The van der Waals surface area contributed by atoms with Gasteiger partial charge in [-0.2, -0.15) is 11.8 Å². The Morgan fingerprint density at radius 2 is 1.50 bits per heavy atom. The van der Waals surface area contributed by atoms with Crippen LogP contribution in [0.15, 0.2) is 65.7 Å². The number of aliphatic imine (C=N–C) groups is 1. The van der Waals surface area contributed by atoms with Crippen LogP contribution in [0.5, 0.6) is 0 Å². The van der Waals surface area contributed by atoms with Crippen molar-refractivity contribution in [3.8, 4) is 0 Å². The first-order valence-corrected chi connectivity index (χ1v) is 9.72. The molecular formula is C20H25N3S. The third kappa shape index (κ3) is 4.54. The first-order chi connectivity index (χ1) is 11.8. The maximum Gasteiger partial charge on any atom is 0.191 e. The van der Waals surface area contributed by atoms with Crippen molar-refractivity contribution >= 4 is 17.7 Å². The molecular weight excluding hydrogens is 314 g/mol. The maximum absolute atomic E-state index is 6.18. The molecule has 2 aromatic carbocycles. The monoisotopic (exact) mass is 339 g/mol. The fourth-order valence-electron chi connectivity index (χ4n) is 3.10. The number of thioether (sulfide) groups is 1. The summed E-state index contributed by atoms with van der Waals surface area (Å²) in [5.74, 6) is 3.36. The van der Waals surface area contributed by atoms with E-state index in [2.05, 4.69) is 70.6 Å². The highest BCUT2D eigenvalue weighted by Gasteiger charge is 2.15. The molecule has 3 nitrogen and oxygen atoms in total. The smallest absolute Gasteiger partial charge is 0.191 e. The molecule has 0 aliphatic carbocycles. The number of rotatable bonds is 5. The number of hydrogen-bond donors (Lipinski definition) is 1. The van der Waals surface area contributed by atoms with Crippen LogP contribution in [0.2, 0.25) is 0 Å². The van der Waals surface area contributed by atoms with Crippen LogP contribution >= 0.6 is 11.8 Å². The standard InChI is InChI=1S/C20H25N3S/c21-20(23-13-15-24-16-14-23)22-12-11-19(17-7-3-1-4-8-17)18-9-5-2-6-10-18/h1-10,19H,11-16H2,(H2,21,22). The second kappa shape index (κ2) is 8.78. The average molecular weight is 340 g/mol. The molecule has 0 aromatic heterocycles. The summed E-state index contributed by atoms with van der Waals surface area (Å²) in [4.78, 5) is 6.85. The van der Waals surface area contributed by atoms with Crippen molar-refractivity contribution in [3.63, 3.8) is 0 Å². The molecule has 0 bridgehead atoms. The van der Waals surface area contributed by atoms with Crippen LogP contribution in [0.4, 0.5) is 0 Å². The third-order valence-corrected chi connectivity index (χ3v) is 5.37. The summed E-state index contributed by atoms with van der Waals surface area (Å²) < 4.78 is 0. The van der Waals surface area contributed by atoms with Gasteiger partial charge in [-0.1, -0.05) is 60.7 Å². The number of benzene rings is 2. The molecule has 1 heterocycles. The predicted molar refractivity (Wildman–Crippen MR) is 105 cm³/mol. The fraction of sp³-hybridized carbons (Fsp3) is 0.350. The van der Waals surface area contributed by atoms with E-state index in [1.165, 1.54) is 11.1 Å². The summed E-state index contributed by atoms with van der Waals surface area (Å²) in [6.45, 7) is 2.78. The highest BCUT2D eigenvalue weighted by molar-refractivity contribution is 7.99. The van der Waals surface area contributed by atoms with Gasteiger partial charge in [-0.15, -0.1) is 0 Å². The fourth-order valence-corrected chi connectivity index (χ4v) is 4.00. The zero-order chi connectivity index (χ0) is 16.6. The third-order valence-electron chi connectivity index (χ3n) is 4.43. The van der Waals surface area contributed by atoms with Crippen molar-refractivity contribution in [2.24, 2.45) is 10.7 Å². The first-order valence-electron chi connectivity index (χ1n) is 8.57. The molecule has 126 valence electrons. The molecule has 4 heteroatoms.